The summed E-state index contributed by atoms with van der Waals surface area (Å²) in [6, 6.07) is 21.8. The zero-order chi connectivity index (χ0) is 20.9. The molecule has 0 aliphatic heterocycles. The minimum Gasteiger partial charge on any atom is -0.394 e. The van der Waals surface area contributed by atoms with Crippen molar-refractivity contribution < 1.29 is 14.7 Å². The van der Waals surface area contributed by atoms with Crippen molar-refractivity contribution in [1.82, 2.24) is 5.16 Å². The molecule has 4 rings (SSSR count). The first-order chi connectivity index (χ1) is 14.7. The Morgan fingerprint density at radius 2 is 1.93 bits per heavy atom. The van der Waals surface area contributed by atoms with Crippen molar-refractivity contribution in [1.29, 1.82) is 0 Å². The third kappa shape index (κ3) is 4.43. The number of benzene rings is 3. The molecule has 0 saturated heterocycles. The Morgan fingerprint density at radius 3 is 2.73 bits per heavy atom. The Morgan fingerprint density at radius 1 is 1.10 bits per heavy atom. The van der Waals surface area contributed by atoms with Crippen LogP contribution in [-0.2, 0) is 0 Å². The number of nitrogens with zero attached hydrogens (tertiary/aromatic N) is 2. The quantitative estimate of drug-likeness (QED) is 0.342. The van der Waals surface area contributed by atoms with Crippen LogP contribution in [0.1, 0.15) is 5.56 Å². The van der Waals surface area contributed by atoms with Gasteiger partial charge in [0.2, 0.25) is 0 Å². The van der Waals surface area contributed by atoms with Gasteiger partial charge in [-0.1, -0.05) is 47.6 Å². The lowest BCUT2D eigenvalue weighted by molar-refractivity contribution is 0.102. The van der Waals surface area contributed by atoms with Crippen LogP contribution in [0.2, 0.25) is 0 Å². The molecule has 1 atom stereocenters. The second kappa shape index (κ2) is 9.21. The van der Waals surface area contributed by atoms with E-state index in [0.29, 0.717) is 11.4 Å². The van der Waals surface area contributed by atoms with Gasteiger partial charge in [-0.2, -0.15) is 0 Å². The molecule has 3 N–H and O–H groups in total. The molecule has 0 bridgehead atoms. The molecule has 0 aliphatic rings. The second-order valence-electron chi connectivity index (χ2n) is 6.78. The van der Waals surface area contributed by atoms with Crippen molar-refractivity contribution in [3.05, 3.63) is 76.8 Å². The summed E-state index contributed by atoms with van der Waals surface area (Å²) in [5.74, 6) is 0.599. The maximum Gasteiger partial charge on any atom is 0.181 e. The van der Waals surface area contributed by atoms with Crippen LogP contribution in [0.4, 0.5) is 11.5 Å². The van der Waals surface area contributed by atoms with Crippen molar-refractivity contribution in [3.8, 4) is 11.1 Å². The van der Waals surface area contributed by atoms with Crippen LogP contribution in [0.15, 0.2) is 80.7 Å². The molecule has 6 nitrogen and oxygen atoms in total. The van der Waals surface area contributed by atoms with Gasteiger partial charge < -0.3 is 20.1 Å². The summed E-state index contributed by atoms with van der Waals surface area (Å²) in [5, 5.41) is 26.6. The number of nitrogens with one attached hydrogen (secondary N) is 1. The fraction of sp³-hybridized carbons (Fsp3) is 0.130. The minimum atomic E-state index is -0.855. The normalized spacial score (nSPS) is 12.5. The van der Waals surface area contributed by atoms with Gasteiger partial charge in [0, 0.05) is 10.7 Å². The molecule has 0 spiro atoms. The summed E-state index contributed by atoms with van der Waals surface area (Å²) in [7, 11) is 0. The fourth-order valence-electron chi connectivity index (χ4n) is 3.06. The van der Waals surface area contributed by atoms with E-state index in [1.807, 2.05) is 48.5 Å². The topological polar surface area (TPSA) is 90.9 Å². The highest BCUT2D eigenvalue weighted by Crippen LogP contribution is 2.36. The number of fused-ring (bicyclic) bond motifs is 1. The lowest BCUT2D eigenvalue weighted by Gasteiger charge is -2.11. The van der Waals surface area contributed by atoms with Crippen molar-refractivity contribution >= 4 is 44.6 Å². The number of aliphatic hydroxyl groups is 2. The maximum atomic E-state index is 9.41. The number of hydrogen-bond acceptors (Lipinski definition) is 6. The summed E-state index contributed by atoms with van der Waals surface area (Å²) in [6.45, 7) is -0.171. The van der Waals surface area contributed by atoms with Crippen molar-refractivity contribution in [2.24, 2.45) is 4.99 Å². The SMILES string of the molecule is OCC(O)CN=Cc1ccc2onc(Nc3cccc(-c4ccccc4)c3Br)c2c1. The van der Waals surface area contributed by atoms with Crippen LogP contribution in [0.3, 0.4) is 0 Å². The Balaban J connectivity index is 1.62. The molecule has 3 aromatic carbocycles. The lowest BCUT2D eigenvalue weighted by Crippen LogP contribution is -2.15. The summed E-state index contributed by atoms with van der Waals surface area (Å²) in [6.07, 6.45) is 0.799. The predicted molar refractivity (Wildman–Crippen MR) is 122 cm³/mol. The van der Waals surface area contributed by atoms with E-state index < -0.39 is 6.10 Å². The van der Waals surface area contributed by atoms with Crippen LogP contribution in [0.25, 0.3) is 22.1 Å². The van der Waals surface area contributed by atoms with E-state index in [2.05, 4.69) is 49.6 Å². The maximum absolute atomic E-state index is 9.41. The van der Waals surface area contributed by atoms with Gasteiger partial charge >= 0.3 is 0 Å². The molecule has 1 heterocycles. The van der Waals surface area contributed by atoms with Crippen LogP contribution in [-0.4, -0.2) is 40.8 Å². The van der Waals surface area contributed by atoms with Crippen molar-refractivity contribution in [2.45, 2.75) is 6.10 Å². The van der Waals surface area contributed by atoms with Crippen molar-refractivity contribution in [2.75, 3.05) is 18.5 Å². The summed E-state index contributed by atoms with van der Waals surface area (Å²) >= 11 is 3.71. The van der Waals surface area contributed by atoms with E-state index in [-0.39, 0.29) is 13.2 Å². The van der Waals surface area contributed by atoms with Crippen LogP contribution < -0.4 is 5.32 Å². The molecule has 7 heteroatoms. The van der Waals surface area contributed by atoms with Gasteiger partial charge in [0.25, 0.3) is 0 Å². The standard InChI is InChI=1S/C23H20BrN3O3/c24-22-18(16-5-2-1-3-6-16)7-4-8-20(22)26-23-19-11-15(9-10-21(19)30-27-23)12-25-13-17(29)14-28/h1-12,17,28-29H,13-14H2,(H,26,27). The van der Waals surface area contributed by atoms with E-state index >= 15 is 0 Å². The monoisotopic (exact) mass is 465 g/mol. The van der Waals surface area contributed by atoms with Gasteiger partial charge in [-0.15, -0.1) is 0 Å². The number of anilines is 2. The third-order valence-electron chi connectivity index (χ3n) is 4.60. The largest absolute Gasteiger partial charge is 0.394 e. The first kappa shape index (κ1) is 20.3. The Labute approximate surface area is 182 Å². The highest BCUT2D eigenvalue weighted by atomic mass is 79.9. The molecule has 0 saturated carbocycles. The van der Waals surface area contributed by atoms with Crippen LogP contribution in [0, 0.1) is 0 Å². The van der Waals surface area contributed by atoms with Gasteiger partial charge in [0.15, 0.2) is 11.4 Å². The van der Waals surface area contributed by atoms with Crippen molar-refractivity contribution in [3.63, 3.8) is 0 Å². The van der Waals surface area contributed by atoms with Crippen LogP contribution in [0.5, 0.6) is 0 Å². The lowest BCUT2D eigenvalue weighted by atomic mass is 10.1. The molecular weight excluding hydrogens is 446 g/mol. The molecule has 0 fully saturated rings. The Bertz CT molecular complexity index is 1180. The van der Waals surface area contributed by atoms with Gasteiger partial charge in [0.05, 0.1) is 30.3 Å². The smallest absolute Gasteiger partial charge is 0.181 e. The highest BCUT2D eigenvalue weighted by Gasteiger charge is 2.13. The number of rotatable bonds is 7. The first-order valence-electron chi connectivity index (χ1n) is 9.45. The van der Waals surface area contributed by atoms with E-state index in [0.717, 1.165) is 32.2 Å². The number of aromatic nitrogens is 1. The van der Waals surface area contributed by atoms with E-state index in [1.165, 1.54) is 0 Å². The third-order valence-corrected chi connectivity index (χ3v) is 5.45. The second-order valence-corrected chi connectivity index (χ2v) is 7.57. The van der Waals surface area contributed by atoms with Gasteiger partial charge in [-0.05, 0) is 56.9 Å². The van der Waals surface area contributed by atoms with Gasteiger partial charge in [-0.3, -0.25) is 4.99 Å². The number of halogens is 1. The predicted octanol–water partition coefficient (Wildman–Crippen LogP) is 4.77. The molecule has 152 valence electrons. The number of hydrogen-bond donors (Lipinski definition) is 3. The molecule has 0 amide bonds. The summed E-state index contributed by atoms with van der Waals surface area (Å²) in [5.41, 5.74) is 4.55. The molecule has 1 unspecified atom stereocenters. The zero-order valence-corrected chi connectivity index (χ0v) is 17.6. The first-order valence-corrected chi connectivity index (χ1v) is 10.2. The molecule has 30 heavy (non-hydrogen) atoms. The highest BCUT2D eigenvalue weighted by molar-refractivity contribution is 9.10. The molecule has 0 aliphatic carbocycles. The Kier molecular flexibility index (Phi) is 6.23. The fourth-order valence-corrected chi connectivity index (χ4v) is 3.65. The summed E-state index contributed by atoms with van der Waals surface area (Å²) in [4.78, 5) is 4.16. The number of aliphatic imine (C=N–C) groups is 1. The molecule has 1 aromatic heterocycles. The zero-order valence-electron chi connectivity index (χ0n) is 16.0. The number of aliphatic hydroxyl groups excluding tert-OH is 2. The van der Waals surface area contributed by atoms with E-state index in [9.17, 15) is 5.11 Å². The average Bonchev–Trinajstić information content (AvgIpc) is 3.17. The molecule has 0 radical (unpaired) electrons. The summed E-state index contributed by atoms with van der Waals surface area (Å²) < 4.78 is 6.38. The molecule has 4 aromatic rings. The average molecular weight is 466 g/mol. The van der Waals surface area contributed by atoms with E-state index in [1.54, 1.807) is 6.21 Å². The van der Waals surface area contributed by atoms with E-state index in [4.69, 9.17) is 9.63 Å². The molecular formula is C23H20BrN3O3. The van der Waals surface area contributed by atoms with Crippen LogP contribution >= 0.6 is 15.9 Å². The Hall–Kier alpha value is -3.00. The minimum absolute atomic E-state index is 0.141. The van der Waals surface area contributed by atoms with Gasteiger partial charge in [0.1, 0.15) is 0 Å². The van der Waals surface area contributed by atoms with Gasteiger partial charge in [-0.25, -0.2) is 0 Å².